The summed E-state index contributed by atoms with van der Waals surface area (Å²) < 4.78 is 10.4. The van der Waals surface area contributed by atoms with Gasteiger partial charge in [0.25, 0.3) is 0 Å². The van der Waals surface area contributed by atoms with Crippen LogP contribution < -0.4 is 0 Å². The van der Waals surface area contributed by atoms with Crippen molar-refractivity contribution < 1.29 is 19.1 Å². The maximum absolute atomic E-state index is 12.1. The average molecular weight is 279 g/mol. The summed E-state index contributed by atoms with van der Waals surface area (Å²) in [5.41, 5.74) is 0.558. The molecule has 1 atom stereocenters. The number of hydrogen-bond donors (Lipinski definition) is 0. The van der Waals surface area contributed by atoms with Gasteiger partial charge in [-0.1, -0.05) is 27.7 Å². The smallest absolute Gasteiger partial charge is 0.352 e. The summed E-state index contributed by atoms with van der Waals surface area (Å²) in [4.78, 5) is 27.7. The fourth-order valence-electron chi connectivity index (χ4n) is 1.37. The van der Waals surface area contributed by atoms with Crippen LogP contribution in [0.1, 0.15) is 39.4 Å². The molecular weight excluding hydrogens is 258 g/mol. The van der Waals surface area contributed by atoms with Crippen molar-refractivity contribution >= 4 is 11.9 Å². The molecule has 5 nitrogen and oxygen atoms in total. The third-order valence-corrected chi connectivity index (χ3v) is 2.49. The minimum atomic E-state index is -1.04. The van der Waals surface area contributed by atoms with E-state index < -0.39 is 18.0 Å². The predicted molar refractivity (Wildman–Crippen MR) is 73.7 cm³/mol. The molecule has 1 heterocycles. The van der Waals surface area contributed by atoms with Gasteiger partial charge in [-0.15, -0.1) is 0 Å². The number of ether oxygens (including phenoxy) is 2. The molecule has 0 aliphatic rings. The van der Waals surface area contributed by atoms with Gasteiger partial charge in [-0.3, -0.25) is 9.78 Å². The number of nitrogens with zero attached hydrogens (tertiary/aromatic N) is 1. The third-order valence-electron chi connectivity index (χ3n) is 2.49. The van der Waals surface area contributed by atoms with Gasteiger partial charge in [-0.25, -0.2) is 4.79 Å². The molecule has 1 unspecified atom stereocenters. The van der Waals surface area contributed by atoms with Crippen molar-refractivity contribution in [3.63, 3.8) is 0 Å². The maximum atomic E-state index is 12.1. The zero-order chi connectivity index (χ0) is 15.1. The van der Waals surface area contributed by atoms with Gasteiger partial charge >= 0.3 is 11.9 Å². The molecule has 1 aromatic heterocycles. The molecule has 1 rings (SSSR count). The second-order valence-corrected chi connectivity index (χ2v) is 5.28. The summed E-state index contributed by atoms with van der Waals surface area (Å²) in [6.07, 6.45) is 2.05. The molecule has 0 fully saturated rings. The Morgan fingerprint density at radius 1 is 1.10 bits per heavy atom. The summed E-state index contributed by atoms with van der Waals surface area (Å²) in [7, 11) is 0. The van der Waals surface area contributed by atoms with Crippen LogP contribution >= 0.6 is 0 Å². The van der Waals surface area contributed by atoms with E-state index in [9.17, 15) is 9.59 Å². The fraction of sp³-hybridized carbons (Fsp3) is 0.533. The Morgan fingerprint density at radius 2 is 1.70 bits per heavy atom. The number of aromatic nitrogens is 1. The molecule has 0 aliphatic carbocycles. The van der Waals surface area contributed by atoms with E-state index in [1.807, 2.05) is 13.8 Å². The second-order valence-electron chi connectivity index (χ2n) is 5.28. The molecule has 110 valence electrons. The minimum absolute atomic E-state index is 0.220. The van der Waals surface area contributed by atoms with E-state index in [2.05, 4.69) is 4.98 Å². The SMILES string of the molecule is CC(C)COC(=O)C(OC(=O)C(C)C)c1ccncc1. The van der Waals surface area contributed by atoms with Crippen molar-refractivity contribution in [3.05, 3.63) is 30.1 Å². The molecule has 5 heteroatoms. The quantitative estimate of drug-likeness (QED) is 0.749. The fourth-order valence-corrected chi connectivity index (χ4v) is 1.37. The van der Waals surface area contributed by atoms with Crippen LogP contribution in [0.15, 0.2) is 24.5 Å². The molecule has 0 N–H and O–H groups in total. The molecular formula is C15H21NO4. The summed E-state index contributed by atoms with van der Waals surface area (Å²) in [6, 6.07) is 3.27. The Hall–Kier alpha value is -1.91. The van der Waals surface area contributed by atoms with E-state index in [1.54, 1.807) is 38.4 Å². The van der Waals surface area contributed by atoms with Crippen LogP contribution in [0.25, 0.3) is 0 Å². The predicted octanol–water partition coefficient (Wildman–Crippen LogP) is 2.52. The Bertz CT molecular complexity index is 442. The summed E-state index contributed by atoms with van der Waals surface area (Å²) in [5, 5.41) is 0. The molecule has 0 aromatic carbocycles. The van der Waals surface area contributed by atoms with Crippen LogP contribution in [0.3, 0.4) is 0 Å². The van der Waals surface area contributed by atoms with Crippen molar-refractivity contribution in [3.8, 4) is 0 Å². The van der Waals surface area contributed by atoms with Crippen molar-refractivity contribution in [2.75, 3.05) is 6.61 Å². The monoisotopic (exact) mass is 279 g/mol. The van der Waals surface area contributed by atoms with Crippen molar-refractivity contribution in [1.29, 1.82) is 0 Å². The first kappa shape index (κ1) is 16.1. The van der Waals surface area contributed by atoms with Crippen LogP contribution in [0.4, 0.5) is 0 Å². The van der Waals surface area contributed by atoms with Crippen molar-refractivity contribution in [1.82, 2.24) is 4.98 Å². The lowest BCUT2D eigenvalue weighted by molar-refractivity contribution is -0.171. The van der Waals surface area contributed by atoms with Crippen LogP contribution in [0.2, 0.25) is 0 Å². The van der Waals surface area contributed by atoms with E-state index in [4.69, 9.17) is 9.47 Å². The van der Waals surface area contributed by atoms with E-state index in [1.165, 1.54) is 0 Å². The zero-order valence-electron chi connectivity index (χ0n) is 12.3. The first-order valence-electron chi connectivity index (χ1n) is 6.68. The zero-order valence-corrected chi connectivity index (χ0v) is 12.3. The number of rotatable bonds is 6. The number of pyridine rings is 1. The summed E-state index contributed by atoms with van der Waals surface area (Å²) in [6.45, 7) is 7.60. The number of esters is 2. The van der Waals surface area contributed by atoms with Crippen molar-refractivity contribution in [2.24, 2.45) is 11.8 Å². The van der Waals surface area contributed by atoms with E-state index in [0.29, 0.717) is 12.2 Å². The van der Waals surface area contributed by atoms with E-state index in [-0.39, 0.29) is 11.8 Å². The molecule has 1 aromatic rings. The largest absolute Gasteiger partial charge is 0.462 e. The first-order valence-corrected chi connectivity index (χ1v) is 6.68. The molecule has 0 spiro atoms. The van der Waals surface area contributed by atoms with Crippen LogP contribution in [0, 0.1) is 11.8 Å². The Kier molecular flexibility index (Phi) is 6.15. The highest BCUT2D eigenvalue weighted by atomic mass is 16.6. The maximum Gasteiger partial charge on any atom is 0.352 e. The Labute approximate surface area is 119 Å². The van der Waals surface area contributed by atoms with Gasteiger partial charge < -0.3 is 9.47 Å². The lowest BCUT2D eigenvalue weighted by Crippen LogP contribution is -2.25. The lowest BCUT2D eigenvalue weighted by atomic mass is 10.1. The van der Waals surface area contributed by atoms with Gasteiger partial charge in [-0.2, -0.15) is 0 Å². The molecule has 0 saturated heterocycles. The molecule has 20 heavy (non-hydrogen) atoms. The number of carbonyl (C=O) groups excluding carboxylic acids is 2. The highest BCUT2D eigenvalue weighted by Gasteiger charge is 2.27. The van der Waals surface area contributed by atoms with Gasteiger partial charge in [0.2, 0.25) is 6.10 Å². The molecule has 0 bridgehead atoms. The Balaban J connectivity index is 2.84. The topological polar surface area (TPSA) is 65.5 Å². The van der Waals surface area contributed by atoms with Crippen molar-refractivity contribution in [2.45, 2.75) is 33.8 Å². The summed E-state index contributed by atoms with van der Waals surface area (Å²) >= 11 is 0. The molecule has 0 radical (unpaired) electrons. The lowest BCUT2D eigenvalue weighted by Gasteiger charge is -2.18. The normalized spacial score (nSPS) is 12.3. The van der Waals surface area contributed by atoms with Crippen LogP contribution in [-0.4, -0.2) is 23.5 Å². The van der Waals surface area contributed by atoms with Gasteiger partial charge in [0.1, 0.15) is 0 Å². The van der Waals surface area contributed by atoms with Crippen LogP contribution in [-0.2, 0) is 19.1 Å². The van der Waals surface area contributed by atoms with Crippen LogP contribution in [0.5, 0.6) is 0 Å². The Morgan fingerprint density at radius 3 is 2.20 bits per heavy atom. The van der Waals surface area contributed by atoms with E-state index >= 15 is 0 Å². The second kappa shape index (κ2) is 7.62. The first-order chi connectivity index (χ1) is 9.41. The third kappa shape index (κ3) is 4.99. The number of carbonyl (C=O) groups is 2. The standard InChI is InChI=1S/C15H21NO4/c1-10(2)9-19-15(18)13(20-14(17)11(3)4)12-5-7-16-8-6-12/h5-8,10-11,13H,9H2,1-4H3. The van der Waals surface area contributed by atoms with Gasteiger partial charge in [0.15, 0.2) is 0 Å². The summed E-state index contributed by atoms with van der Waals surface area (Å²) in [5.74, 6) is -1.08. The molecule has 0 saturated carbocycles. The molecule has 0 aliphatic heterocycles. The average Bonchev–Trinajstić information content (AvgIpc) is 2.42. The number of hydrogen-bond acceptors (Lipinski definition) is 5. The molecule has 0 amide bonds. The van der Waals surface area contributed by atoms with Gasteiger partial charge in [0, 0.05) is 18.0 Å². The minimum Gasteiger partial charge on any atom is -0.462 e. The highest BCUT2D eigenvalue weighted by Crippen LogP contribution is 2.20. The van der Waals surface area contributed by atoms with Gasteiger partial charge in [0.05, 0.1) is 12.5 Å². The highest BCUT2D eigenvalue weighted by molar-refractivity contribution is 5.81. The van der Waals surface area contributed by atoms with Gasteiger partial charge in [-0.05, 0) is 18.1 Å². The van der Waals surface area contributed by atoms with E-state index in [0.717, 1.165) is 0 Å².